The van der Waals surface area contributed by atoms with Gasteiger partial charge in [0.25, 0.3) is 0 Å². The number of methoxy groups -OCH3 is 1. The lowest BCUT2D eigenvalue weighted by atomic mass is 10.2. The zero-order valence-corrected chi connectivity index (χ0v) is 9.89. The maximum Gasteiger partial charge on any atom is 0.240 e. The van der Waals surface area contributed by atoms with Crippen LogP contribution in [0.3, 0.4) is 0 Å². The summed E-state index contributed by atoms with van der Waals surface area (Å²) < 4.78 is 23.7. The number of pyridine rings is 1. The van der Waals surface area contributed by atoms with Gasteiger partial charge in [-0.3, -0.25) is 0 Å². The number of benzene rings is 1. The lowest BCUT2D eigenvalue weighted by Gasteiger charge is -2.09. The van der Waals surface area contributed by atoms with Crippen molar-refractivity contribution in [2.75, 3.05) is 12.8 Å². The summed E-state index contributed by atoms with van der Waals surface area (Å²) in [6, 6.07) is 9.64. The van der Waals surface area contributed by atoms with Gasteiger partial charge >= 0.3 is 0 Å². The molecule has 0 aliphatic rings. The molecule has 0 spiro atoms. The molecule has 0 aliphatic heterocycles. The SMILES string of the molecule is COc1ccc(N)c(OCc2ccccc2F)n1. The van der Waals surface area contributed by atoms with Gasteiger partial charge in [-0.05, 0) is 12.1 Å². The van der Waals surface area contributed by atoms with Crippen molar-refractivity contribution in [3.8, 4) is 11.8 Å². The van der Waals surface area contributed by atoms with Gasteiger partial charge in [0.05, 0.1) is 12.8 Å². The van der Waals surface area contributed by atoms with Crippen molar-refractivity contribution in [1.29, 1.82) is 0 Å². The fourth-order valence-electron chi connectivity index (χ4n) is 1.43. The lowest BCUT2D eigenvalue weighted by Crippen LogP contribution is -2.03. The number of halogens is 1. The molecule has 0 radical (unpaired) electrons. The first-order valence-electron chi connectivity index (χ1n) is 5.37. The molecule has 1 heterocycles. The zero-order valence-electron chi connectivity index (χ0n) is 9.89. The van der Waals surface area contributed by atoms with E-state index in [0.717, 1.165) is 0 Å². The van der Waals surface area contributed by atoms with Crippen LogP contribution in [0.1, 0.15) is 5.56 Å². The van der Waals surface area contributed by atoms with E-state index < -0.39 is 0 Å². The second-order valence-electron chi connectivity index (χ2n) is 3.63. The van der Waals surface area contributed by atoms with Crippen LogP contribution in [0, 0.1) is 5.82 Å². The summed E-state index contributed by atoms with van der Waals surface area (Å²) in [6.07, 6.45) is 0. The summed E-state index contributed by atoms with van der Waals surface area (Å²) in [7, 11) is 1.50. The molecule has 0 bridgehead atoms. The van der Waals surface area contributed by atoms with Crippen LogP contribution in [0.2, 0.25) is 0 Å². The molecular formula is C13H13FN2O2. The molecule has 0 saturated carbocycles. The Morgan fingerprint density at radius 2 is 2.00 bits per heavy atom. The number of nitrogens with two attached hydrogens (primary N) is 1. The van der Waals surface area contributed by atoms with Crippen molar-refractivity contribution in [1.82, 2.24) is 4.98 Å². The molecule has 0 amide bonds. The number of hydrogen-bond donors (Lipinski definition) is 1. The van der Waals surface area contributed by atoms with Crippen LogP contribution in [0.4, 0.5) is 10.1 Å². The maximum absolute atomic E-state index is 13.4. The van der Waals surface area contributed by atoms with Crippen molar-refractivity contribution in [3.05, 3.63) is 47.8 Å². The first-order valence-corrected chi connectivity index (χ1v) is 5.37. The van der Waals surface area contributed by atoms with E-state index in [1.54, 1.807) is 30.3 Å². The number of aromatic nitrogens is 1. The van der Waals surface area contributed by atoms with E-state index in [1.165, 1.54) is 13.2 Å². The third kappa shape index (κ3) is 2.68. The molecule has 1 aromatic carbocycles. The highest BCUT2D eigenvalue weighted by Crippen LogP contribution is 2.23. The number of nitrogen functional groups attached to an aromatic ring is 1. The van der Waals surface area contributed by atoms with Gasteiger partial charge in [0.1, 0.15) is 12.4 Å². The summed E-state index contributed by atoms with van der Waals surface area (Å²) in [6.45, 7) is 0.0665. The van der Waals surface area contributed by atoms with Crippen molar-refractivity contribution in [2.45, 2.75) is 6.61 Å². The van der Waals surface area contributed by atoms with Crippen LogP contribution in [0.5, 0.6) is 11.8 Å². The molecule has 18 heavy (non-hydrogen) atoms. The summed E-state index contributed by atoms with van der Waals surface area (Å²) in [5, 5.41) is 0. The van der Waals surface area contributed by atoms with Gasteiger partial charge in [-0.15, -0.1) is 0 Å². The second kappa shape index (κ2) is 5.35. The Labute approximate surface area is 104 Å². The van der Waals surface area contributed by atoms with Crippen molar-refractivity contribution < 1.29 is 13.9 Å². The fraction of sp³-hybridized carbons (Fsp3) is 0.154. The summed E-state index contributed by atoms with van der Waals surface area (Å²) >= 11 is 0. The highest BCUT2D eigenvalue weighted by atomic mass is 19.1. The quantitative estimate of drug-likeness (QED) is 0.902. The smallest absolute Gasteiger partial charge is 0.240 e. The third-order valence-corrected chi connectivity index (χ3v) is 2.40. The molecule has 2 aromatic rings. The van der Waals surface area contributed by atoms with Crippen molar-refractivity contribution in [3.63, 3.8) is 0 Å². The second-order valence-corrected chi connectivity index (χ2v) is 3.63. The summed E-state index contributed by atoms with van der Waals surface area (Å²) in [5.74, 6) is 0.310. The van der Waals surface area contributed by atoms with Crippen molar-refractivity contribution >= 4 is 5.69 Å². The van der Waals surface area contributed by atoms with E-state index in [4.69, 9.17) is 15.2 Å². The Bertz CT molecular complexity index is 546. The normalized spacial score (nSPS) is 10.1. The molecule has 5 heteroatoms. The van der Waals surface area contributed by atoms with E-state index in [1.807, 2.05) is 0 Å². The van der Waals surface area contributed by atoms with E-state index >= 15 is 0 Å². The van der Waals surface area contributed by atoms with Crippen LogP contribution in [-0.4, -0.2) is 12.1 Å². The molecule has 94 valence electrons. The molecule has 0 unspecified atom stereocenters. The largest absolute Gasteiger partial charge is 0.481 e. The highest BCUT2D eigenvalue weighted by Gasteiger charge is 2.07. The van der Waals surface area contributed by atoms with Gasteiger partial charge in [0, 0.05) is 11.6 Å². The van der Waals surface area contributed by atoms with Gasteiger partial charge < -0.3 is 15.2 Å². The zero-order chi connectivity index (χ0) is 13.0. The van der Waals surface area contributed by atoms with Gasteiger partial charge in [-0.1, -0.05) is 18.2 Å². The molecule has 4 nitrogen and oxygen atoms in total. The molecule has 0 aliphatic carbocycles. The van der Waals surface area contributed by atoms with Crippen LogP contribution >= 0.6 is 0 Å². The van der Waals surface area contributed by atoms with E-state index in [2.05, 4.69) is 4.98 Å². The Morgan fingerprint density at radius 3 is 2.72 bits per heavy atom. The highest BCUT2D eigenvalue weighted by molar-refractivity contribution is 5.49. The van der Waals surface area contributed by atoms with Crippen LogP contribution in [0.15, 0.2) is 36.4 Å². The average molecular weight is 248 g/mol. The molecular weight excluding hydrogens is 235 g/mol. The number of anilines is 1. The monoisotopic (exact) mass is 248 g/mol. The van der Waals surface area contributed by atoms with Gasteiger partial charge in [0.15, 0.2) is 0 Å². The predicted molar refractivity (Wildman–Crippen MR) is 65.9 cm³/mol. The summed E-state index contributed by atoms with van der Waals surface area (Å²) in [4.78, 5) is 4.04. The lowest BCUT2D eigenvalue weighted by molar-refractivity contribution is 0.283. The van der Waals surface area contributed by atoms with Crippen LogP contribution in [0.25, 0.3) is 0 Å². The Hall–Kier alpha value is -2.30. The first kappa shape index (κ1) is 12.2. The first-order chi connectivity index (χ1) is 8.70. The maximum atomic E-state index is 13.4. The molecule has 0 fully saturated rings. The average Bonchev–Trinajstić information content (AvgIpc) is 2.39. The number of hydrogen-bond acceptors (Lipinski definition) is 4. The van der Waals surface area contributed by atoms with Crippen LogP contribution < -0.4 is 15.2 Å². The van der Waals surface area contributed by atoms with Gasteiger partial charge in [-0.25, -0.2) is 4.39 Å². The topological polar surface area (TPSA) is 57.4 Å². The molecule has 0 atom stereocenters. The number of rotatable bonds is 4. The Morgan fingerprint density at radius 1 is 1.22 bits per heavy atom. The van der Waals surface area contributed by atoms with Gasteiger partial charge in [-0.2, -0.15) is 4.98 Å². The minimum absolute atomic E-state index is 0.0665. The Kier molecular flexibility index (Phi) is 3.62. The van der Waals surface area contributed by atoms with Gasteiger partial charge in [0.2, 0.25) is 11.8 Å². The minimum Gasteiger partial charge on any atom is -0.481 e. The fourth-order valence-corrected chi connectivity index (χ4v) is 1.43. The Balaban J connectivity index is 2.13. The molecule has 0 saturated heterocycles. The molecule has 2 rings (SSSR count). The van der Waals surface area contributed by atoms with Crippen molar-refractivity contribution in [2.24, 2.45) is 0 Å². The number of nitrogens with zero attached hydrogens (tertiary/aromatic N) is 1. The number of ether oxygens (including phenoxy) is 2. The predicted octanol–water partition coefficient (Wildman–Crippen LogP) is 2.39. The summed E-state index contributed by atoms with van der Waals surface area (Å²) in [5.41, 5.74) is 6.54. The standard InChI is InChI=1S/C13H13FN2O2/c1-17-12-7-6-11(15)13(16-12)18-8-9-4-2-3-5-10(9)14/h2-7H,8,15H2,1H3. The molecule has 2 N–H and O–H groups in total. The minimum atomic E-state index is -0.320. The third-order valence-electron chi connectivity index (χ3n) is 2.40. The van der Waals surface area contributed by atoms with E-state index in [9.17, 15) is 4.39 Å². The van der Waals surface area contributed by atoms with Crippen LogP contribution in [-0.2, 0) is 6.61 Å². The van der Waals surface area contributed by atoms with E-state index in [-0.39, 0.29) is 18.3 Å². The van der Waals surface area contributed by atoms with E-state index in [0.29, 0.717) is 17.1 Å². The molecule has 1 aromatic heterocycles.